The summed E-state index contributed by atoms with van der Waals surface area (Å²) in [6.07, 6.45) is 6.45. The molecule has 146 valence electrons. The highest BCUT2D eigenvalue weighted by Crippen LogP contribution is 2.46. The molecule has 0 radical (unpaired) electrons. The van der Waals surface area contributed by atoms with Crippen molar-refractivity contribution in [3.63, 3.8) is 0 Å². The van der Waals surface area contributed by atoms with Gasteiger partial charge in [0.15, 0.2) is 0 Å². The number of amides is 1. The van der Waals surface area contributed by atoms with Crippen LogP contribution in [-0.2, 0) is 11.2 Å². The number of benzene rings is 1. The lowest BCUT2D eigenvalue weighted by Crippen LogP contribution is -2.38. The van der Waals surface area contributed by atoms with E-state index in [2.05, 4.69) is 22.1 Å². The van der Waals surface area contributed by atoms with E-state index in [1.54, 1.807) is 6.20 Å². The largest absolute Gasteiger partial charge is 0.480 e. The van der Waals surface area contributed by atoms with Crippen molar-refractivity contribution in [3.05, 3.63) is 60.2 Å². The summed E-state index contributed by atoms with van der Waals surface area (Å²) in [5.74, 6) is -0.617. The Morgan fingerprint density at radius 2 is 1.96 bits per heavy atom. The summed E-state index contributed by atoms with van der Waals surface area (Å²) in [5.41, 5.74) is 1.55. The van der Waals surface area contributed by atoms with E-state index in [1.165, 1.54) is 18.0 Å². The quantitative estimate of drug-likeness (QED) is 0.819. The van der Waals surface area contributed by atoms with Crippen LogP contribution in [0.25, 0.3) is 0 Å². The Morgan fingerprint density at radius 3 is 2.68 bits per heavy atom. The molecule has 2 atom stereocenters. The number of hydrogen-bond donors (Lipinski definition) is 1. The minimum absolute atomic E-state index is 0.0572. The Bertz CT molecular complexity index is 845. The van der Waals surface area contributed by atoms with Gasteiger partial charge in [-0.2, -0.15) is 0 Å². The van der Waals surface area contributed by atoms with E-state index in [0.29, 0.717) is 31.9 Å². The van der Waals surface area contributed by atoms with Crippen LogP contribution in [0, 0.1) is 11.3 Å². The Hall–Kier alpha value is -2.80. The maximum absolute atomic E-state index is 12.9. The molecule has 0 unspecified atom stereocenters. The third-order valence-electron chi connectivity index (χ3n) is 6.01. The number of hydrogen-bond acceptors (Lipinski definition) is 5. The molecular weight excluding hydrogens is 356 g/mol. The predicted molar refractivity (Wildman–Crippen MR) is 103 cm³/mol. The molecular formula is C21H24N4O3. The van der Waals surface area contributed by atoms with E-state index in [0.717, 1.165) is 12.8 Å². The molecule has 28 heavy (non-hydrogen) atoms. The van der Waals surface area contributed by atoms with Crippen molar-refractivity contribution < 1.29 is 14.7 Å². The third-order valence-corrected chi connectivity index (χ3v) is 6.01. The van der Waals surface area contributed by atoms with Crippen LogP contribution in [0.5, 0.6) is 0 Å². The molecule has 1 amide bonds. The Labute approximate surface area is 164 Å². The molecule has 2 saturated heterocycles. The zero-order valence-corrected chi connectivity index (χ0v) is 15.7. The van der Waals surface area contributed by atoms with E-state index in [9.17, 15) is 14.7 Å². The molecule has 0 saturated carbocycles. The van der Waals surface area contributed by atoms with Gasteiger partial charge >= 0.3 is 5.97 Å². The molecule has 1 aromatic heterocycles. The van der Waals surface area contributed by atoms with Crippen LogP contribution in [0.3, 0.4) is 0 Å². The molecule has 0 aliphatic carbocycles. The second kappa shape index (κ2) is 7.67. The Balaban J connectivity index is 1.52. The minimum atomic E-state index is -0.800. The van der Waals surface area contributed by atoms with E-state index in [-0.39, 0.29) is 23.8 Å². The molecule has 0 bridgehead atoms. The monoisotopic (exact) mass is 380 g/mol. The highest BCUT2D eigenvalue weighted by Gasteiger charge is 2.53. The summed E-state index contributed by atoms with van der Waals surface area (Å²) in [4.78, 5) is 36.1. The van der Waals surface area contributed by atoms with Gasteiger partial charge in [0.2, 0.25) is 0 Å². The minimum Gasteiger partial charge on any atom is -0.480 e. The number of fused-ring (bicyclic) bond motifs is 1. The predicted octanol–water partition coefficient (Wildman–Crippen LogP) is 1.57. The van der Waals surface area contributed by atoms with Gasteiger partial charge in [-0.3, -0.25) is 19.5 Å². The van der Waals surface area contributed by atoms with Crippen molar-refractivity contribution in [1.29, 1.82) is 0 Å². The molecule has 2 aromatic rings. The first kappa shape index (κ1) is 18.6. The molecule has 1 aromatic carbocycles. The molecule has 7 nitrogen and oxygen atoms in total. The van der Waals surface area contributed by atoms with Crippen molar-refractivity contribution in [1.82, 2.24) is 19.8 Å². The first-order valence-corrected chi connectivity index (χ1v) is 9.59. The number of rotatable bonds is 6. The number of carbonyl (C=O) groups excluding carboxylic acids is 1. The van der Waals surface area contributed by atoms with Crippen molar-refractivity contribution >= 4 is 11.9 Å². The van der Waals surface area contributed by atoms with Crippen molar-refractivity contribution in [2.75, 3.05) is 32.7 Å². The van der Waals surface area contributed by atoms with Crippen molar-refractivity contribution in [2.24, 2.45) is 11.3 Å². The van der Waals surface area contributed by atoms with Crippen molar-refractivity contribution in [2.45, 2.75) is 12.8 Å². The molecule has 0 spiro atoms. The number of aliphatic carboxylic acids is 1. The number of likely N-dealkylation sites (tertiary alicyclic amines) is 2. The first-order chi connectivity index (χ1) is 13.6. The summed E-state index contributed by atoms with van der Waals surface area (Å²) in [6.45, 7) is 2.75. The van der Waals surface area contributed by atoms with E-state index in [1.807, 2.05) is 28.0 Å². The van der Waals surface area contributed by atoms with E-state index in [4.69, 9.17) is 0 Å². The maximum atomic E-state index is 12.9. The van der Waals surface area contributed by atoms with Gasteiger partial charge in [-0.05, 0) is 24.3 Å². The van der Waals surface area contributed by atoms with Crippen LogP contribution in [0.2, 0.25) is 0 Å². The smallest absolute Gasteiger partial charge is 0.317 e. The fourth-order valence-corrected chi connectivity index (χ4v) is 4.72. The lowest BCUT2D eigenvalue weighted by Gasteiger charge is -2.29. The Morgan fingerprint density at radius 1 is 1.14 bits per heavy atom. The second-order valence-corrected chi connectivity index (χ2v) is 7.88. The maximum Gasteiger partial charge on any atom is 0.317 e. The molecule has 4 rings (SSSR count). The SMILES string of the molecule is O=C(O)CN1C[C@H]2CN(C(=O)c3cnccn3)C[C@@]2(CCc2ccccc2)C1. The van der Waals surface area contributed by atoms with Crippen LogP contribution < -0.4 is 0 Å². The number of carboxylic acids is 1. The van der Waals surface area contributed by atoms with Gasteiger partial charge < -0.3 is 10.0 Å². The molecule has 1 N–H and O–H groups in total. The second-order valence-electron chi connectivity index (χ2n) is 7.88. The van der Waals surface area contributed by atoms with Gasteiger partial charge in [0.05, 0.1) is 12.7 Å². The van der Waals surface area contributed by atoms with Crippen molar-refractivity contribution in [3.8, 4) is 0 Å². The normalized spacial score (nSPS) is 24.3. The van der Waals surface area contributed by atoms with Crippen LogP contribution in [0.1, 0.15) is 22.5 Å². The average Bonchev–Trinajstić information content (AvgIpc) is 3.20. The fourth-order valence-electron chi connectivity index (χ4n) is 4.72. The average molecular weight is 380 g/mol. The molecule has 2 aliphatic rings. The summed E-state index contributed by atoms with van der Waals surface area (Å²) in [5, 5.41) is 9.20. The summed E-state index contributed by atoms with van der Waals surface area (Å²) >= 11 is 0. The topological polar surface area (TPSA) is 86.6 Å². The lowest BCUT2D eigenvalue weighted by molar-refractivity contribution is -0.138. The van der Waals surface area contributed by atoms with Gasteiger partial charge in [-0.25, -0.2) is 4.98 Å². The van der Waals surface area contributed by atoms with Crippen LogP contribution in [0.4, 0.5) is 0 Å². The lowest BCUT2D eigenvalue weighted by atomic mass is 9.76. The number of nitrogens with zero attached hydrogens (tertiary/aromatic N) is 4. The molecule has 2 aliphatic heterocycles. The highest BCUT2D eigenvalue weighted by atomic mass is 16.4. The zero-order chi connectivity index (χ0) is 19.6. The molecule has 2 fully saturated rings. The van der Waals surface area contributed by atoms with E-state index < -0.39 is 5.97 Å². The number of aromatic nitrogens is 2. The van der Waals surface area contributed by atoms with Gasteiger partial charge in [-0.15, -0.1) is 0 Å². The Kier molecular flexibility index (Phi) is 5.09. The molecule has 7 heteroatoms. The summed E-state index contributed by atoms with van der Waals surface area (Å²) < 4.78 is 0. The highest BCUT2D eigenvalue weighted by molar-refractivity contribution is 5.92. The third kappa shape index (κ3) is 3.75. The number of carboxylic acid groups (broad SMARTS) is 1. The van der Waals surface area contributed by atoms with Gasteiger partial charge in [0, 0.05) is 44.0 Å². The van der Waals surface area contributed by atoms with Crippen LogP contribution in [-0.4, -0.2) is 69.5 Å². The number of aryl methyl sites for hydroxylation is 1. The zero-order valence-electron chi connectivity index (χ0n) is 15.7. The van der Waals surface area contributed by atoms with Crippen LogP contribution in [0.15, 0.2) is 48.9 Å². The summed E-state index contributed by atoms with van der Waals surface area (Å²) in [7, 11) is 0. The van der Waals surface area contributed by atoms with Gasteiger partial charge in [0.25, 0.3) is 5.91 Å². The van der Waals surface area contributed by atoms with Gasteiger partial charge in [-0.1, -0.05) is 30.3 Å². The standard InChI is InChI=1S/C21H24N4O3/c26-19(27)13-24-11-17-12-25(20(28)18-10-22-8-9-23-18)15-21(17,14-24)7-6-16-4-2-1-3-5-16/h1-5,8-10,17H,6-7,11-15H2,(H,26,27)/t17-,21+/m0/s1. The molecule has 3 heterocycles. The van der Waals surface area contributed by atoms with Crippen LogP contribution >= 0.6 is 0 Å². The van der Waals surface area contributed by atoms with Gasteiger partial charge in [0.1, 0.15) is 5.69 Å². The summed E-state index contributed by atoms with van der Waals surface area (Å²) in [6, 6.07) is 10.3. The number of carbonyl (C=O) groups is 2. The van der Waals surface area contributed by atoms with E-state index >= 15 is 0 Å². The fraction of sp³-hybridized carbons (Fsp3) is 0.429. The first-order valence-electron chi connectivity index (χ1n) is 9.59.